The number of pyridine rings is 1. The van der Waals surface area contributed by atoms with Gasteiger partial charge in [-0.15, -0.1) is 0 Å². The zero-order chi connectivity index (χ0) is 16.2. The maximum absolute atomic E-state index is 12.1. The minimum atomic E-state index is -0.143. The number of aryl methyl sites for hydroxylation is 2. The maximum atomic E-state index is 12.1. The molecule has 3 rings (SSSR count). The fourth-order valence-electron chi connectivity index (χ4n) is 2.56. The van der Waals surface area contributed by atoms with E-state index in [2.05, 4.69) is 32.6 Å². The van der Waals surface area contributed by atoms with Gasteiger partial charge in [0.25, 0.3) is 0 Å². The quantitative estimate of drug-likeness (QED) is 0.575. The Hall–Kier alpha value is -2.95. The van der Waals surface area contributed by atoms with Crippen LogP contribution in [-0.4, -0.2) is 22.1 Å². The number of H-pyrrole nitrogens is 1. The standard InChI is InChI=1S/C18H18N4O/c1-12-5-6-17-16(8-12)15(13(2)21-17)9-18(23)22-20-11-14-4-3-7-19-10-14/h3-8,10-11,21H,9H2,1-2H3,(H,22,23). The van der Waals surface area contributed by atoms with Crippen LogP contribution in [-0.2, 0) is 11.2 Å². The second kappa shape index (κ2) is 6.44. The molecule has 116 valence electrons. The molecule has 0 aliphatic carbocycles. The van der Waals surface area contributed by atoms with Gasteiger partial charge in [0, 0.05) is 34.6 Å². The van der Waals surface area contributed by atoms with E-state index in [-0.39, 0.29) is 5.91 Å². The molecule has 0 fully saturated rings. The van der Waals surface area contributed by atoms with E-state index in [1.807, 2.05) is 32.0 Å². The summed E-state index contributed by atoms with van der Waals surface area (Å²) in [4.78, 5) is 19.4. The van der Waals surface area contributed by atoms with E-state index < -0.39 is 0 Å². The van der Waals surface area contributed by atoms with Crippen LogP contribution in [0.15, 0.2) is 47.8 Å². The maximum Gasteiger partial charge on any atom is 0.244 e. The van der Waals surface area contributed by atoms with Gasteiger partial charge < -0.3 is 4.98 Å². The average molecular weight is 306 g/mol. The van der Waals surface area contributed by atoms with Crippen molar-refractivity contribution in [1.82, 2.24) is 15.4 Å². The zero-order valence-corrected chi connectivity index (χ0v) is 13.1. The van der Waals surface area contributed by atoms with E-state index in [0.717, 1.165) is 27.7 Å². The number of carbonyl (C=O) groups is 1. The molecule has 1 amide bonds. The van der Waals surface area contributed by atoms with Crippen LogP contribution in [0, 0.1) is 13.8 Å². The number of fused-ring (bicyclic) bond motifs is 1. The van der Waals surface area contributed by atoms with E-state index in [1.54, 1.807) is 18.6 Å². The molecule has 3 aromatic rings. The number of aromatic nitrogens is 2. The molecule has 0 saturated carbocycles. The van der Waals surface area contributed by atoms with Gasteiger partial charge in [-0.25, -0.2) is 5.43 Å². The van der Waals surface area contributed by atoms with Crippen LogP contribution in [0.4, 0.5) is 0 Å². The van der Waals surface area contributed by atoms with Gasteiger partial charge in [-0.2, -0.15) is 5.10 Å². The van der Waals surface area contributed by atoms with Crippen molar-refractivity contribution in [1.29, 1.82) is 0 Å². The molecule has 0 bridgehead atoms. The Morgan fingerprint density at radius 3 is 3.00 bits per heavy atom. The molecule has 1 aromatic carbocycles. The lowest BCUT2D eigenvalue weighted by atomic mass is 10.1. The van der Waals surface area contributed by atoms with Gasteiger partial charge in [-0.3, -0.25) is 9.78 Å². The molecule has 0 aliphatic rings. The number of amides is 1. The summed E-state index contributed by atoms with van der Waals surface area (Å²) in [7, 11) is 0. The molecular formula is C18H18N4O. The fourth-order valence-corrected chi connectivity index (χ4v) is 2.56. The van der Waals surface area contributed by atoms with E-state index in [1.165, 1.54) is 5.56 Å². The van der Waals surface area contributed by atoms with Crippen molar-refractivity contribution in [3.05, 3.63) is 65.1 Å². The van der Waals surface area contributed by atoms with Gasteiger partial charge in [0.1, 0.15) is 0 Å². The molecule has 2 aromatic heterocycles. The smallest absolute Gasteiger partial charge is 0.244 e. The Kier molecular flexibility index (Phi) is 4.19. The largest absolute Gasteiger partial charge is 0.358 e. The van der Waals surface area contributed by atoms with Crippen molar-refractivity contribution in [2.45, 2.75) is 20.3 Å². The molecule has 2 N–H and O–H groups in total. The van der Waals surface area contributed by atoms with Crippen molar-refractivity contribution in [2.75, 3.05) is 0 Å². The van der Waals surface area contributed by atoms with Crippen molar-refractivity contribution < 1.29 is 4.79 Å². The van der Waals surface area contributed by atoms with Crippen LogP contribution < -0.4 is 5.43 Å². The van der Waals surface area contributed by atoms with Crippen LogP contribution >= 0.6 is 0 Å². The van der Waals surface area contributed by atoms with Crippen molar-refractivity contribution in [3.8, 4) is 0 Å². The number of hydrogen-bond acceptors (Lipinski definition) is 3. The lowest BCUT2D eigenvalue weighted by Gasteiger charge is -2.01. The molecule has 0 saturated heterocycles. The molecule has 0 aliphatic heterocycles. The van der Waals surface area contributed by atoms with Crippen LogP contribution in [0.2, 0.25) is 0 Å². The number of hydrazone groups is 1. The first-order valence-electron chi connectivity index (χ1n) is 7.43. The van der Waals surface area contributed by atoms with Crippen LogP contribution in [0.1, 0.15) is 22.4 Å². The highest BCUT2D eigenvalue weighted by atomic mass is 16.2. The number of aromatic amines is 1. The van der Waals surface area contributed by atoms with Gasteiger partial charge in [-0.1, -0.05) is 17.7 Å². The summed E-state index contributed by atoms with van der Waals surface area (Å²) in [6, 6.07) is 9.89. The van der Waals surface area contributed by atoms with Crippen molar-refractivity contribution in [3.63, 3.8) is 0 Å². The number of carbonyl (C=O) groups excluding carboxylic acids is 1. The molecule has 0 radical (unpaired) electrons. The third kappa shape index (κ3) is 3.45. The summed E-state index contributed by atoms with van der Waals surface area (Å²) in [6.07, 6.45) is 5.25. The van der Waals surface area contributed by atoms with Gasteiger partial charge in [0.15, 0.2) is 0 Å². The summed E-state index contributed by atoms with van der Waals surface area (Å²) >= 11 is 0. The third-order valence-electron chi connectivity index (χ3n) is 3.70. The third-order valence-corrected chi connectivity index (χ3v) is 3.70. The fraction of sp³-hybridized carbons (Fsp3) is 0.167. The minimum Gasteiger partial charge on any atom is -0.358 e. The number of nitrogens with one attached hydrogen (secondary N) is 2. The Morgan fingerprint density at radius 2 is 2.22 bits per heavy atom. The molecular weight excluding hydrogens is 288 g/mol. The Morgan fingerprint density at radius 1 is 1.35 bits per heavy atom. The monoisotopic (exact) mass is 306 g/mol. The first kappa shape index (κ1) is 15.0. The second-order valence-electron chi connectivity index (χ2n) is 5.53. The summed E-state index contributed by atoms with van der Waals surface area (Å²) in [5.74, 6) is -0.143. The predicted octanol–water partition coefficient (Wildman–Crippen LogP) is 2.87. The molecule has 2 heterocycles. The second-order valence-corrected chi connectivity index (χ2v) is 5.53. The Bertz CT molecular complexity index is 865. The topological polar surface area (TPSA) is 70.1 Å². The summed E-state index contributed by atoms with van der Waals surface area (Å²) in [5.41, 5.74) is 7.65. The summed E-state index contributed by atoms with van der Waals surface area (Å²) < 4.78 is 0. The van der Waals surface area contributed by atoms with E-state index >= 15 is 0 Å². The highest BCUT2D eigenvalue weighted by Crippen LogP contribution is 2.23. The van der Waals surface area contributed by atoms with Gasteiger partial charge in [0.05, 0.1) is 12.6 Å². The summed E-state index contributed by atoms with van der Waals surface area (Å²) in [6.45, 7) is 4.03. The zero-order valence-electron chi connectivity index (χ0n) is 13.1. The molecule has 0 unspecified atom stereocenters. The Balaban J connectivity index is 1.72. The number of hydrogen-bond donors (Lipinski definition) is 2. The SMILES string of the molecule is Cc1ccc2[nH]c(C)c(CC(=O)NN=Cc3cccnc3)c2c1. The van der Waals surface area contributed by atoms with Crippen LogP contribution in [0.25, 0.3) is 10.9 Å². The van der Waals surface area contributed by atoms with E-state index in [4.69, 9.17) is 0 Å². The lowest BCUT2D eigenvalue weighted by molar-refractivity contribution is -0.120. The number of benzene rings is 1. The molecule has 0 spiro atoms. The normalized spacial score (nSPS) is 11.2. The van der Waals surface area contributed by atoms with Crippen LogP contribution in [0.5, 0.6) is 0 Å². The predicted molar refractivity (Wildman–Crippen MR) is 91.5 cm³/mol. The van der Waals surface area contributed by atoms with Gasteiger partial charge in [0.2, 0.25) is 5.91 Å². The van der Waals surface area contributed by atoms with Gasteiger partial charge >= 0.3 is 0 Å². The van der Waals surface area contributed by atoms with E-state index in [0.29, 0.717) is 6.42 Å². The highest BCUT2D eigenvalue weighted by Gasteiger charge is 2.12. The van der Waals surface area contributed by atoms with Crippen LogP contribution in [0.3, 0.4) is 0 Å². The lowest BCUT2D eigenvalue weighted by Crippen LogP contribution is -2.20. The average Bonchev–Trinajstić information content (AvgIpc) is 2.84. The van der Waals surface area contributed by atoms with E-state index in [9.17, 15) is 4.79 Å². The highest BCUT2D eigenvalue weighted by molar-refractivity contribution is 5.91. The van der Waals surface area contributed by atoms with Crippen molar-refractivity contribution in [2.24, 2.45) is 5.10 Å². The molecule has 23 heavy (non-hydrogen) atoms. The molecule has 0 atom stereocenters. The number of rotatable bonds is 4. The summed E-state index contributed by atoms with van der Waals surface area (Å²) in [5, 5.41) is 5.07. The first-order chi connectivity index (χ1) is 11.1. The number of nitrogens with zero attached hydrogens (tertiary/aromatic N) is 2. The Labute approximate surface area is 134 Å². The molecule has 5 nitrogen and oxygen atoms in total. The minimum absolute atomic E-state index is 0.143. The van der Waals surface area contributed by atoms with Crippen molar-refractivity contribution >= 4 is 23.0 Å². The molecule has 5 heteroatoms. The van der Waals surface area contributed by atoms with Gasteiger partial charge in [-0.05, 0) is 37.6 Å². The first-order valence-corrected chi connectivity index (χ1v) is 7.43.